The second-order valence-electron chi connectivity index (χ2n) is 3.56. The second-order valence-corrected chi connectivity index (χ2v) is 3.56. The minimum absolute atomic E-state index is 0.257. The molecule has 2 aromatic heterocycles. The SMILES string of the molecule is O=C(Nc1nnnc2nc[nH]c12)c1ccccc1. The molecule has 0 fully saturated rings. The van der Waals surface area contributed by atoms with Crippen LogP contribution in [0.1, 0.15) is 10.4 Å². The summed E-state index contributed by atoms with van der Waals surface area (Å²) in [5.41, 5.74) is 1.51. The number of nitrogens with zero attached hydrogens (tertiary/aromatic N) is 4. The maximum absolute atomic E-state index is 11.9. The molecule has 0 spiro atoms. The van der Waals surface area contributed by atoms with Gasteiger partial charge in [-0.05, 0) is 17.3 Å². The fourth-order valence-electron chi connectivity index (χ4n) is 1.55. The fraction of sp³-hybridized carbons (Fsp3) is 0. The number of carbonyl (C=O) groups excluding carboxylic acids is 1. The van der Waals surface area contributed by atoms with Crippen molar-refractivity contribution in [3.8, 4) is 0 Å². The van der Waals surface area contributed by atoms with Crippen LogP contribution in [0.3, 0.4) is 0 Å². The van der Waals surface area contributed by atoms with Gasteiger partial charge in [0.25, 0.3) is 5.91 Å². The van der Waals surface area contributed by atoms with Crippen LogP contribution in [0.2, 0.25) is 0 Å². The summed E-state index contributed by atoms with van der Waals surface area (Å²) in [6.07, 6.45) is 1.47. The Bertz CT molecular complexity index is 693. The van der Waals surface area contributed by atoms with Gasteiger partial charge in [0.15, 0.2) is 5.82 Å². The summed E-state index contributed by atoms with van der Waals surface area (Å²) in [6, 6.07) is 8.86. The first-order valence-corrected chi connectivity index (χ1v) is 5.23. The van der Waals surface area contributed by atoms with Crippen LogP contribution >= 0.6 is 0 Å². The normalized spacial score (nSPS) is 10.4. The van der Waals surface area contributed by atoms with Crippen molar-refractivity contribution >= 4 is 22.9 Å². The molecule has 0 saturated heterocycles. The lowest BCUT2D eigenvalue weighted by molar-refractivity contribution is 0.102. The Hall–Kier alpha value is -2.83. The summed E-state index contributed by atoms with van der Waals surface area (Å²) in [5.74, 6) is 0.0540. The van der Waals surface area contributed by atoms with E-state index in [4.69, 9.17) is 0 Å². The highest BCUT2D eigenvalue weighted by Crippen LogP contribution is 2.14. The summed E-state index contributed by atoms with van der Waals surface area (Å²) in [5, 5.41) is 13.7. The Kier molecular flexibility index (Phi) is 2.41. The lowest BCUT2D eigenvalue weighted by Gasteiger charge is -2.03. The number of hydrogen-bond donors (Lipinski definition) is 2. The molecule has 18 heavy (non-hydrogen) atoms. The molecule has 2 heterocycles. The summed E-state index contributed by atoms with van der Waals surface area (Å²) in [7, 11) is 0. The second kappa shape index (κ2) is 4.21. The van der Waals surface area contributed by atoms with E-state index in [-0.39, 0.29) is 5.91 Å². The van der Waals surface area contributed by atoms with Crippen LogP contribution in [-0.4, -0.2) is 31.3 Å². The molecule has 7 heteroatoms. The van der Waals surface area contributed by atoms with Gasteiger partial charge in [-0.3, -0.25) is 4.79 Å². The van der Waals surface area contributed by atoms with Crippen molar-refractivity contribution < 1.29 is 4.79 Å². The largest absolute Gasteiger partial charge is 0.340 e. The van der Waals surface area contributed by atoms with Gasteiger partial charge in [0.05, 0.1) is 6.33 Å². The van der Waals surface area contributed by atoms with E-state index >= 15 is 0 Å². The molecular formula is C11H8N6O. The molecule has 0 atom stereocenters. The van der Waals surface area contributed by atoms with Gasteiger partial charge < -0.3 is 10.3 Å². The van der Waals surface area contributed by atoms with Crippen LogP contribution in [0.15, 0.2) is 36.7 Å². The fourth-order valence-corrected chi connectivity index (χ4v) is 1.55. The molecule has 88 valence electrons. The van der Waals surface area contributed by atoms with Gasteiger partial charge in [-0.25, -0.2) is 4.98 Å². The highest BCUT2D eigenvalue weighted by molar-refractivity contribution is 6.06. The molecule has 2 N–H and O–H groups in total. The van der Waals surface area contributed by atoms with Crippen molar-refractivity contribution in [1.29, 1.82) is 0 Å². The molecule has 0 saturated carbocycles. The lowest BCUT2D eigenvalue weighted by Crippen LogP contribution is -2.14. The molecule has 3 rings (SSSR count). The van der Waals surface area contributed by atoms with Crippen LogP contribution in [0, 0.1) is 0 Å². The first kappa shape index (κ1) is 10.3. The van der Waals surface area contributed by atoms with Crippen LogP contribution in [0.5, 0.6) is 0 Å². The number of aromatic nitrogens is 5. The van der Waals surface area contributed by atoms with E-state index in [0.717, 1.165) is 0 Å². The van der Waals surface area contributed by atoms with Crippen molar-refractivity contribution in [2.24, 2.45) is 0 Å². The zero-order valence-corrected chi connectivity index (χ0v) is 9.16. The predicted octanol–water partition coefficient (Wildman–Crippen LogP) is 1.00. The van der Waals surface area contributed by atoms with E-state index in [1.807, 2.05) is 6.07 Å². The molecule has 0 aliphatic rings. The summed E-state index contributed by atoms with van der Waals surface area (Å²) < 4.78 is 0. The third-order valence-corrected chi connectivity index (χ3v) is 2.41. The van der Waals surface area contributed by atoms with Crippen molar-refractivity contribution in [2.45, 2.75) is 0 Å². The molecule has 0 unspecified atom stereocenters. The molecule has 7 nitrogen and oxygen atoms in total. The van der Waals surface area contributed by atoms with Gasteiger partial charge in [-0.15, -0.1) is 10.2 Å². The first-order chi connectivity index (χ1) is 8.84. The molecule has 0 aliphatic carbocycles. The van der Waals surface area contributed by atoms with Gasteiger partial charge in [-0.1, -0.05) is 18.2 Å². The van der Waals surface area contributed by atoms with Gasteiger partial charge in [0.1, 0.15) is 5.52 Å². The van der Waals surface area contributed by atoms with E-state index in [9.17, 15) is 4.79 Å². The number of nitrogens with one attached hydrogen (secondary N) is 2. The zero-order chi connectivity index (χ0) is 12.4. The molecule has 1 aromatic carbocycles. The number of amides is 1. The van der Waals surface area contributed by atoms with E-state index in [2.05, 4.69) is 30.7 Å². The highest BCUT2D eigenvalue weighted by atomic mass is 16.1. The zero-order valence-electron chi connectivity index (χ0n) is 9.16. The minimum Gasteiger partial charge on any atom is -0.340 e. The maximum Gasteiger partial charge on any atom is 0.256 e. The number of carbonyl (C=O) groups is 1. The van der Waals surface area contributed by atoms with E-state index in [1.54, 1.807) is 24.3 Å². The van der Waals surface area contributed by atoms with Crippen LogP contribution in [0.25, 0.3) is 11.2 Å². The van der Waals surface area contributed by atoms with Crippen molar-refractivity contribution in [1.82, 2.24) is 25.4 Å². The van der Waals surface area contributed by atoms with Crippen LogP contribution in [0.4, 0.5) is 5.82 Å². The number of hydrogen-bond acceptors (Lipinski definition) is 5. The third kappa shape index (κ3) is 1.77. The molecule has 0 aliphatic heterocycles. The summed E-state index contributed by atoms with van der Waals surface area (Å²) in [6.45, 7) is 0. The number of imidazole rings is 1. The topological polar surface area (TPSA) is 96.5 Å². The Morgan fingerprint density at radius 1 is 1.17 bits per heavy atom. The molecule has 0 bridgehead atoms. The summed E-state index contributed by atoms with van der Waals surface area (Å²) >= 11 is 0. The first-order valence-electron chi connectivity index (χ1n) is 5.23. The average Bonchev–Trinajstić information content (AvgIpc) is 2.89. The molecule has 1 amide bonds. The molecule has 3 aromatic rings. The number of H-pyrrole nitrogens is 1. The lowest BCUT2D eigenvalue weighted by atomic mass is 10.2. The number of anilines is 1. The van der Waals surface area contributed by atoms with E-state index in [0.29, 0.717) is 22.5 Å². The van der Waals surface area contributed by atoms with E-state index in [1.165, 1.54) is 6.33 Å². The van der Waals surface area contributed by atoms with Crippen molar-refractivity contribution in [2.75, 3.05) is 5.32 Å². The van der Waals surface area contributed by atoms with Crippen LogP contribution in [-0.2, 0) is 0 Å². The quantitative estimate of drug-likeness (QED) is 0.696. The van der Waals surface area contributed by atoms with Crippen LogP contribution < -0.4 is 5.32 Å². The van der Waals surface area contributed by atoms with Gasteiger partial charge >= 0.3 is 0 Å². The van der Waals surface area contributed by atoms with Crippen molar-refractivity contribution in [3.05, 3.63) is 42.2 Å². The minimum atomic E-state index is -0.257. The monoisotopic (exact) mass is 240 g/mol. The Morgan fingerprint density at radius 2 is 2.00 bits per heavy atom. The van der Waals surface area contributed by atoms with Crippen molar-refractivity contribution in [3.63, 3.8) is 0 Å². The number of aromatic amines is 1. The number of benzene rings is 1. The van der Waals surface area contributed by atoms with Gasteiger partial charge in [0, 0.05) is 5.56 Å². The Morgan fingerprint density at radius 3 is 2.83 bits per heavy atom. The maximum atomic E-state index is 11.9. The van der Waals surface area contributed by atoms with Gasteiger partial charge in [0.2, 0.25) is 5.65 Å². The summed E-state index contributed by atoms with van der Waals surface area (Å²) in [4.78, 5) is 18.7. The van der Waals surface area contributed by atoms with E-state index < -0.39 is 0 Å². The smallest absolute Gasteiger partial charge is 0.256 e. The Balaban J connectivity index is 1.93. The predicted molar refractivity (Wildman–Crippen MR) is 63.9 cm³/mol. The average molecular weight is 240 g/mol. The highest BCUT2D eigenvalue weighted by Gasteiger charge is 2.11. The molecular weight excluding hydrogens is 232 g/mol. The van der Waals surface area contributed by atoms with Gasteiger partial charge in [-0.2, -0.15) is 0 Å². The number of rotatable bonds is 2. The standard InChI is InChI=1S/C11H8N6O/c18-11(7-4-2-1-3-5-7)14-10-8-9(13-6-12-8)15-17-16-10/h1-6H,(H2,12,13,14,15,16,18). The Labute approximate surface area is 101 Å². The third-order valence-electron chi connectivity index (χ3n) is 2.41. The molecule has 0 radical (unpaired) electrons. The number of fused-ring (bicyclic) bond motifs is 1.